The Morgan fingerprint density at radius 1 is 1.44 bits per heavy atom. The number of hydrogen-bond acceptors (Lipinski definition) is 4. The molecule has 1 aromatic rings. The summed E-state index contributed by atoms with van der Waals surface area (Å²) in [5, 5.41) is 8.66. The predicted octanol–water partition coefficient (Wildman–Crippen LogP) is 1.12. The van der Waals surface area contributed by atoms with Crippen LogP contribution in [0.2, 0.25) is 5.02 Å². The predicted molar refractivity (Wildman–Crippen MR) is 72.3 cm³/mol. The molecule has 0 bridgehead atoms. The van der Waals surface area contributed by atoms with E-state index in [1.54, 1.807) is 19.2 Å². The first kappa shape index (κ1) is 15.2. The Balaban J connectivity index is 2.41. The maximum atomic E-state index is 10.7. The topological polar surface area (TPSA) is 81.4 Å². The summed E-state index contributed by atoms with van der Waals surface area (Å²) in [5.41, 5.74) is 0.931. The van der Waals surface area contributed by atoms with Crippen LogP contribution in [0.4, 0.5) is 0 Å². The molecule has 1 aromatic carbocycles. The van der Waals surface area contributed by atoms with Crippen molar-refractivity contribution >= 4 is 21.6 Å². The molecule has 0 spiro atoms. The molecule has 3 N–H and O–H groups in total. The van der Waals surface area contributed by atoms with Gasteiger partial charge in [-0.3, -0.25) is 0 Å². The lowest BCUT2D eigenvalue weighted by Gasteiger charge is -2.09. The second-order valence-corrected chi connectivity index (χ2v) is 6.02. The van der Waals surface area contributed by atoms with Crippen LogP contribution in [0.15, 0.2) is 18.2 Å². The van der Waals surface area contributed by atoms with Gasteiger partial charge in [-0.15, -0.1) is 0 Å². The second-order valence-electron chi connectivity index (χ2n) is 3.85. The molecule has 0 fully saturated rings. The Labute approximate surface area is 112 Å². The van der Waals surface area contributed by atoms with E-state index in [-0.39, 0.29) is 5.75 Å². The van der Waals surface area contributed by atoms with Gasteiger partial charge >= 0.3 is 0 Å². The van der Waals surface area contributed by atoms with Crippen LogP contribution in [0.5, 0.6) is 5.75 Å². The summed E-state index contributed by atoms with van der Waals surface area (Å²) in [6, 6.07) is 5.36. The minimum Gasteiger partial charge on any atom is -0.496 e. The molecule has 102 valence electrons. The van der Waals surface area contributed by atoms with Gasteiger partial charge in [0.25, 0.3) is 0 Å². The third-order valence-electron chi connectivity index (χ3n) is 2.34. The van der Waals surface area contributed by atoms with Gasteiger partial charge in [-0.1, -0.05) is 11.6 Å². The van der Waals surface area contributed by atoms with E-state index in [2.05, 4.69) is 5.32 Å². The fourth-order valence-corrected chi connectivity index (χ4v) is 2.25. The SMILES string of the molecule is COc1ccc(Cl)cc1CNCCCS(N)(=O)=O. The molecule has 0 aromatic heterocycles. The van der Waals surface area contributed by atoms with Crippen LogP contribution in [0, 0.1) is 0 Å². The van der Waals surface area contributed by atoms with Gasteiger partial charge in [-0.2, -0.15) is 0 Å². The Hall–Kier alpha value is -0.820. The van der Waals surface area contributed by atoms with Crippen molar-refractivity contribution in [3.05, 3.63) is 28.8 Å². The van der Waals surface area contributed by atoms with Crippen LogP contribution in [-0.2, 0) is 16.6 Å². The number of sulfonamides is 1. The van der Waals surface area contributed by atoms with Crippen LogP contribution in [-0.4, -0.2) is 27.8 Å². The first-order chi connectivity index (χ1) is 8.42. The number of hydrogen-bond donors (Lipinski definition) is 2. The summed E-state index contributed by atoms with van der Waals surface area (Å²) in [6.07, 6.45) is 0.474. The van der Waals surface area contributed by atoms with Gasteiger partial charge < -0.3 is 10.1 Å². The highest BCUT2D eigenvalue weighted by Gasteiger charge is 2.04. The summed E-state index contributed by atoms with van der Waals surface area (Å²) in [4.78, 5) is 0. The lowest BCUT2D eigenvalue weighted by Crippen LogP contribution is -2.22. The molecule has 0 atom stereocenters. The smallest absolute Gasteiger partial charge is 0.209 e. The molecular formula is C11H17ClN2O3S. The third-order valence-corrected chi connectivity index (χ3v) is 3.43. The van der Waals surface area contributed by atoms with E-state index in [1.807, 2.05) is 6.07 Å². The Kier molecular flexibility index (Phi) is 5.87. The van der Waals surface area contributed by atoms with Crippen molar-refractivity contribution in [3.8, 4) is 5.75 Å². The minimum absolute atomic E-state index is 0.0212. The normalized spacial score (nSPS) is 11.5. The van der Waals surface area contributed by atoms with E-state index < -0.39 is 10.0 Å². The molecule has 0 saturated carbocycles. The first-order valence-corrected chi connectivity index (χ1v) is 7.55. The van der Waals surface area contributed by atoms with Crippen LogP contribution in [0.25, 0.3) is 0 Å². The standard InChI is InChI=1S/C11H17ClN2O3S/c1-17-11-4-3-10(12)7-9(11)8-14-5-2-6-18(13,15)16/h3-4,7,14H,2,5-6,8H2,1H3,(H2,13,15,16). The van der Waals surface area contributed by atoms with E-state index >= 15 is 0 Å². The summed E-state index contributed by atoms with van der Waals surface area (Å²) in [6.45, 7) is 1.13. The van der Waals surface area contributed by atoms with Gasteiger partial charge in [0.15, 0.2) is 0 Å². The van der Waals surface area contributed by atoms with E-state index in [0.29, 0.717) is 24.5 Å². The van der Waals surface area contributed by atoms with Gasteiger partial charge in [0.05, 0.1) is 12.9 Å². The number of methoxy groups -OCH3 is 1. The molecule has 18 heavy (non-hydrogen) atoms. The van der Waals surface area contributed by atoms with Gasteiger partial charge in [0.1, 0.15) is 5.75 Å². The molecule has 0 heterocycles. The fourth-order valence-electron chi connectivity index (χ4n) is 1.51. The van der Waals surface area contributed by atoms with Crippen molar-refractivity contribution in [2.75, 3.05) is 19.4 Å². The lowest BCUT2D eigenvalue weighted by molar-refractivity contribution is 0.407. The fraction of sp³-hybridized carbons (Fsp3) is 0.455. The molecule has 0 aliphatic rings. The monoisotopic (exact) mass is 292 g/mol. The lowest BCUT2D eigenvalue weighted by atomic mass is 10.2. The molecule has 0 aliphatic heterocycles. The molecule has 0 radical (unpaired) electrons. The van der Waals surface area contributed by atoms with Crippen LogP contribution in [0.1, 0.15) is 12.0 Å². The summed E-state index contributed by atoms with van der Waals surface area (Å²) < 4.78 is 26.6. The Bertz CT molecular complexity index is 491. The zero-order valence-electron chi connectivity index (χ0n) is 10.1. The number of halogens is 1. The molecule has 0 unspecified atom stereocenters. The van der Waals surface area contributed by atoms with Gasteiger partial charge in [0.2, 0.25) is 10.0 Å². The van der Waals surface area contributed by atoms with Crippen molar-refractivity contribution in [1.29, 1.82) is 0 Å². The maximum Gasteiger partial charge on any atom is 0.209 e. The van der Waals surface area contributed by atoms with E-state index in [0.717, 1.165) is 11.3 Å². The molecule has 0 saturated heterocycles. The highest BCUT2D eigenvalue weighted by molar-refractivity contribution is 7.89. The van der Waals surface area contributed by atoms with Gasteiger partial charge in [-0.05, 0) is 31.2 Å². The van der Waals surface area contributed by atoms with E-state index in [1.165, 1.54) is 0 Å². The number of nitrogens with one attached hydrogen (secondary N) is 1. The average molecular weight is 293 g/mol. The average Bonchev–Trinajstić information content (AvgIpc) is 2.27. The number of ether oxygens (including phenoxy) is 1. The van der Waals surface area contributed by atoms with Crippen LogP contribution in [0.3, 0.4) is 0 Å². The zero-order valence-corrected chi connectivity index (χ0v) is 11.7. The largest absolute Gasteiger partial charge is 0.496 e. The molecule has 5 nitrogen and oxygen atoms in total. The van der Waals surface area contributed by atoms with Crippen molar-refractivity contribution in [3.63, 3.8) is 0 Å². The highest BCUT2D eigenvalue weighted by atomic mass is 35.5. The number of benzene rings is 1. The van der Waals surface area contributed by atoms with Crippen molar-refractivity contribution < 1.29 is 13.2 Å². The second kappa shape index (κ2) is 6.94. The van der Waals surface area contributed by atoms with Crippen LogP contribution < -0.4 is 15.2 Å². The van der Waals surface area contributed by atoms with Gasteiger partial charge in [0, 0.05) is 17.1 Å². The number of primary sulfonamides is 1. The Morgan fingerprint density at radius 2 is 2.17 bits per heavy atom. The molecule has 0 amide bonds. The molecule has 7 heteroatoms. The Morgan fingerprint density at radius 3 is 2.78 bits per heavy atom. The molecule has 0 aliphatic carbocycles. The molecular weight excluding hydrogens is 276 g/mol. The third kappa shape index (κ3) is 5.68. The van der Waals surface area contributed by atoms with E-state index in [4.69, 9.17) is 21.5 Å². The summed E-state index contributed by atoms with van der Waals surface area (Å²) >= 11 is 5.89. The summed E-state index contributed by atoms with van der Waals surface area (Å²) in [7, 11) is -1.78. The van der Waals surface area contributed by atoms with Crippen molar-refractivity contribution in [1.82, 2.24) is 5.32 Å². The maximum absolute atomic E-state index is 10.7. The zero-order chi connectivity index (χ0) is 13.6. The highest BCUT2D eigenvalue weighted by Crippen LogP contribution is 2.22. The number of nitrogens with two attached hydrogens (primary N) is 1. The quantitative estimate of drug-likeness (QED) is 0.738. The number of rotatable bonds is 7. The summed E-state index contributed by atoms with van der Waals surface area (Å²) in [5.74, 6) is 0.727. The van der Waals surface area contributed by atoms with E-state index in [9.17, 15) is 8.42 Å². The van der Waals surface area contributed by atoms with Crippen molar-refractivity contribution in [2.24, 2.45) is 5.14 Å². The molecule has 1 rings (SSSR count). The van der Waals surface area contributed by atoms with Crippen LogP contribution >= 0.6 is 11.6 Å². The minimum atomic E-state index is -3.37. The van der Waals surface area contributed by atoms with Gasteiger partial charge in [-0.25, -0.2) is 13.6 Å². The first-order valence-electron chi connectivity index (χ1n) is 5.46. The van der Waals surface area contributed by atoms with Crippen molar-refractivity contribution in [2.45, 2.75) is 13.0 Å².